The number of nitrogens with zero attached hydrogens (tertiary/aromatic N) is 4. The van der Waals surface area contributed by atoms with Crippen molar-refractivity contribution < 1.29 is 14.7 Å². The largest absolute Gasteiger partial charge is 0.380 e. The molecule has 1 saturated carbocycles. The minimum atomic E-state index is -1.16. The molecule has 2 aliphatic rings. The predicted molar refractivity (Wildman–Crippen MR) is 117 cm³/mol. The summed E-state index contributed by atoms with van der Waals surface area (Å²) < 4.78 is 1.80. The molecule has 1 aromatic heterocycles. The molecule has 0 spiro atoms. The summed E-state index contributed by atoms with van der Waals surface area (Å²) in [4.78, 5) is 29.0. The first-order valence-corrected chi connectivity index (χ1v) is 10.7. The van der Waals surface area contributed by atoms with E-state index in [1.807, 2.05) is 44.4 Å². The van der Waals surface area contributed by atoms with Crippen molar-refractivity contribution in [1.29, 1.82) is 0 Å². The van der Waals surface area contributed by atoms with Crippen molar-refractivity contribution in [3.8, 4) is 11.1 Å². The van der Waals surface area contributed by atoms with Gasteiger partial charge in [-0.15, -0.1) is 0 Å². The Kier molecular flexibility index (Phi) is 4.59. The van der Waals surface area contributed by atoms with E-state index in [-0.39, 0.29) is 17.9 Å². The van der Waals surface area contributed by atoms with Gasteiger partial charge < -0.3 is 14.9 Å². The van der Waals surface area contributed by atoms with Crippen LogP contribution in [0.1, 0.15) is 30.1 Å². The molecule has 1 atom stereocenters. The van der Waals surface area contributed by atoms with Crippen molar-refractivity contribution in [3.05, 3.63) is 54.2 Å². The third-order valence-corrected chi connectivity index (χ3v) is 6.38. The van der Waals surface area contributed by atoms with Crippen LogP contribution in [0.2, 0.25) is 0 Å². The third-order valence-electron chi connectivity index (χ3n) is 6.38. The first-order valence-electron chi connectivity index (χ1n) is 10.7. The lowest BCUT2D eigenvalue weighted by molar-refractivity contribution is -0.146. The summed E-state index contributed by atoms with van der Waals surface area (Å²) in [6.07, 6.45) is 3.06. The molecule has 2 heterocycles. The standard InChI is InChI=1S/C24H26N4O3/c1-16-14-27(11-12-28(16)23(30)24(31)9-10-24)22(29)18-5-3-17(4-6-18)19-7-8-20-15-26(2)25-21(20)13-19/h3-8,13,15-16,31H,9-12,14H2,1-2H3/t16-/m0/s1. The molecule has 1 aliphatic heterocycles. The quantitative estimate of drug-likeness (QED) is 0.709. The van der Waals surface area contributed by atoms with E-state index in [4.69, 9.17) is 0 Å². The number of benzene rings is 2. The Bertz CT molecular complexity index is 1160. The van der Waals surface area contributed by atoms with Gasteiger partial charge in [0.15, 0.2) is 0 Å². The van der Waals surface area contributed by atoms with Gasteiger partial charge in [-0.1, -0.05) is 24.3 Å². The van der Waals surface area contributed by atoms with Gasteiger partial charge in [-0.3, -0.25) is 14.3 Å². The molecule has 2 amide bonds. The number of rotatable bonds is 3. The van der Waals surface area contributed by atoms with Crippen LogP contribution in [0.25, 0.3) is 22.0 Å². The van der Waals surface area contributed by atoms with E-state index in [1.54, 1.807) is 14.5 Å². The fourth-order valence-corrected chi connectivity index (χ4v) is 4.35. The molecule has 3 aromatic rings. The van der Waals surface area contributed by atoms with Crippen molar-refractivity contribution in [3.63, 3.8) is 0 Å². The van der Waals surface area contributed by atoms with Crippen LogP contribution in [0.5, 0.6) is 0 Å². The number of amides is 2. The van der Waals surface area contributed by atoms with E-state index < -0.39 is 5.60 Å². The van der Waals surface area contributed by atoms with Gasteiger partial charge in [0.25, 0.3) is 11.8 Å². The molecule has 0 radical (unpaired) electrons. The molecule has 1 saturated heterocycles. The van der Waals surface area contributed by atoms with Crippen LogP contribution >= 0.6 is 0 Å². The van der Waals surface area contributed by atoms with Crippen LogP contribution in [0.15, 0.2) is 48.7 Å². The molecular formula is C24H26N4O3. The van der Waals surface area contributed by atoms with Gasteiger partial charge in [-0.05, 0) is 49.1 Å². The zero-order chi connectivity index (χ0) is 21.8. The van der Waals surface area contributed by atoms with Crippen LogP contribution in [-0.4, -0.2) is 67.8 Å². The first kappa shape index (κ1) is 19.8. The maximum atomic E-state index is 13.0. The van der Waals surface area contributed by atoms with E-state index in [0.717, 1.165) is 22.0 Å². The minimum absolute atomic E-state index is 0.0317. The van der Waals surface area contributed by atoms with Crippen molar-refractivity contribution >= 4 is 22.7 Å². The number of aryl methyl sites for hydroxylation is 1. The maximum Gasteiger partial charge on any atom is 0.254 e. The normalized spacial score (nSPS) is 20.2. The topological polar surface area (TPSA) is 78.7 Å². The van der Waals surface area contributed by atoms with Crippen molar-refractivity contribution in [2.24, 2.45) is 7.05 Å². The van der Waals surface area contributed by atoms with E-state index in [2.05, 4.69) is 23.3 Å². The number of carbonyl (C=O) groups is 2. The van der Waals surface area contributed by atoms with Crippen LogP contribution in [0.4, 0.5) is 0 Å². The summed E-state index contributed by atoms with van der Waals surface area (Å²) in [5, 5.41) is 15.7. The Morgan fingerprint density at radius 3 is 2.45 bits per heavy atom. The van der Waals surface area contributed by atoms with Gasteiger partial charge in [0.2, 0.25) is 0 Å². The molecule has 1 aliphatic carbocycles. The average Bonchev–Trinajstić information content (AvgIpc) is 3.41. The van der Waals surface area contributed by atoms with Gasteiger partial charge in [0.05, 0.1) is 5.52 Å². The van der Waals surface area contributed by atoms with Crippen LogP contribution < -0.4 is 0 Å². The number of hydrogen-bond acceptors (Lipinski definition) is 4. The molecular weight excluding hydrogens is 392 g/mol. The zero-order valence-corrected chi connectivity index (χ0v) is 17.8. The molecule has 7 heteroatoms. The average molecular weight is 418 g/mol. The van der Waals surface area contributed by atoms with Crippen molar-refractivity contribution in [1.82, 2.24) is 19.6 Å². The second-order valence-electron chi connectivity index (χ2n) is 8.78. The summed E-state index contributed by atoms with van der Waals surface area (Å²) in [6, 6.07) is 13.7. The molecule has 0 bridgehead atoms. The molecule has 0 unspecified atom stereocenters. The second-order valence-corrected chi connectivity index (χ2v) is 8.78. The number of carbonyl (C=O) groups excluding carboxylic acids is 2. The fraction of sp³-hybridized carbons (Fsp3) is 0.375. The van der Waals surface area contributed by atoms with Gasteiger partial charge >= 0.3 is 0 Å². The van der Waals surface area contributed by atoms with Crippen molar-refractivity contribution in [2.75, 3.05) is 19.6 Å². The number of aliphatic hydroxyl groups is 1. The third kappa shape index (κ3) is 3.59. The highest BCUT2D eigenvalue weighted by atomic mass is 16.3. The molecule has 2 aromatic carbocycles. The molecule has 160 valence electrons. The van der Waals surface area contributed by atoms with E-state index in [1.165, 1.54) is 0 Å². The Morgan fingerprint density at radius 1 is 1.06 bits per heavy atom. The van der Waals surface area contributed by atoms with Gasteiger partial charge in [0.1, 0.15) is 5.60 Å². The number of aromatic nitrogens is 2. The van der Waals surface area contributed by atoms with Crippen molar-refractivity contribution in [2.45, 2.75) is 31.4 Å². The highest BCUT2D eigenvalue weighted by Gasteiger charge is 2.51. The second kappa shape index (κ2) is 7.20. The van der Waals surface area contributed by atoms with Crippen LogP contribution in [0.3, 0.4) is 0 Å². The number of fused-ring (bicyclic) bond motifs is 1. The fourth-order valence-electron chi connectivity index (χ4n) is 4.35. The summed E-state index contributed by atoms with van der Waals surface area (Å²) >= 11 is 0. The Morgan fingerprint density at radius 2 is 1.77 bits per heavy atom. The van der Waals surface area contributed by atoms with E-state index >= 15 is 0 Å². The molecule has 31 heavy (non-hydrogen) atoms. The molecule has 7 nitrogen and oxygen atoms in total. The van der Waals surface area contributed by atoms with Gasteiger partial charge in [-0.25, -0.2) is 0 Å². The predicted octanol–water partition coefficient (Wildman–Crippen LogP) is 2.44. The number of piperazine rings is 1. The summed E-state index contributed by atoms with van der Waals surface area (Å²) in [7, 11) is 1.91. The van der Waals surface area contributed by atoms with E-state index in [0.29, 0.717) is 38.0 Å². The zero-order valence-electron chi connectivity index (χ0n) is 17.8. The van der Waals surface area contributed by atoms with Crippen LogP contribution in [-0.2, 0) is 11.8 Å². The number of hydrogen-bond donors (Lipinski definition) is 1. The molecule has 5 rings (SSSR count). The molecule has 2 fully saturated rings. The summed E-state index contributed by atoms with van der Waals surface area (Å²) in [5.74, 6) is -0.225. The molecule has 1 N–H and O–H groups in total. The van der Waals surface area contributed by atoms with Gasteiger partial charge in [0, 0.05) is 49.9 Å². The first-order chi connectivity index (χ1) is 14.8. The Labute approximate surface area is 180 Å². The Balaban J connectivity index is 1.28. The Hall–Kier alpha value is -3.19. The highest BCUT2D eigenvalue weighted by molar-refractivity contribution is 5.95. The maximum absolute atomic E-state index is 13.0. The monoisotopic (exact) mass is 418 g/mol. The van der Waals surface area contributed by atoms with Gasteiger partial charge in [-0.2, -0.15) is 5.10 Å². The lowest BCUT2D eigenvalue weighted by atomic mass is 10.0. The lowest BCUT2D eigenvalue weighted by Gasteiger charge is -2.40. The minimum Gasteiger partial charge on any atom is -0.380 e. The van der Waals surface area contributed by atoms with E-state index in [9.17, 15) is 14.7 Å². The highest BCUT2D eigenvalue weighted by Crippen LogP contribution is 2.37. The SMILES string of the molecule is C[C@H]1CN(C(=O)c2ccc(-c3ccc4cn(C)nc4c3)cc2)CCN1C(=O)C1(O)CC1. The smallest absolute Gasteiger partial charge is 0.254 e. The summed E-state index contributed by atoms with van der Waals surface area (Å²) in [5.41, 5.74) is 2.51. The summed E-state index contributed by atoms with van der Waals surface area (Å²) in [6.45, 7) is 3.33. The van der Waals surface area contributed by atoms with Crippen LogP contribution in [0, 0.1) is 0 Å². The lowest BCUT2D eigenvalue weighted by Crippen LogP contribution is -2.57.